The Morgan fingerprint density at radius 1 is 1.25 bits per heavy atom. The summed E-state index contributed by atoms with van der Waals surface area (Å²) in [7, 11) is 0. The van der Waals surface area contributed by atoms with Gasteiger partial charge in [-0.15, -0.1) is 0 Å². The number of piperidine rings is 1. The fourth-order valence-corrected chi connectivity index (χ4v) is 3.02. The number of carboxylic acids is 1. The Kier molecular flexibility index (Phi) is 3.34. The van der Waals surface area contributed by atoms with Gasteiger partial charge in [0.1, 0.15) is 24.3 Å². The van der Waals surface area contributed by atoms with Gasteiger partial charge in [-0.2, -0.15) is 0 Å². The van der Waals surface area contributed by atoms with Crippen molar-refractivity contribution in [2.24, 2.45) is 0 Å². The van der Waals surface area contributed by atoms with Crippen LogP contribution in [0.2, 0.25) is 0 Å². The molecule has 106 valence electrons. The zero-order chi connectivity index (χ0) is 14.1. The molecule has 1 amide bonds. The van der Waals surface area contributed by atoms with E-state index in [4.69, 9.17) is 4.74 Å². The summed E-state index contributed by atoms with van der Waals surface area (Å²) in [5.74, 6) is -0.673. The first-order chi connectivity index (χ1) is 9.68. The molecule has 1 aromatic rings. The molecule has 5 heteroatoms. The summed E-state index contributed by atoms with van der Waals surface area (Å²) in [6, 6.07) is 6.77. The van der Waals surface area contributed by atoms with Gasteiger partial charge in [-0.1, -0.05) is 18.2 Å². The molecule has 1 saturated heterocycles. The van der Waals surface area contributed by atoms with Gasteiger partial charge in [-0.25, -0.2) is 4.79 Å². The number of hydrogen-bond donors (Lipinski definition) is 1. The van der Waals surface area contributed by atoms with Crippen LogP contribution in [0, 0.1) is 0 Å². The van der Waals surface area contributed by atoms with Crippen LogP contribution >= 0.6 is 0 Å². The van der Waals surface area contributed by atoms with Crippen LogP contribution in [0.1, 0.15) is 30.7 Å². The van der Waals surface area contributed by atoms with E-state index in [9.17, 15) is 14.7 Å². The molecule has 0 radical (unpaired) electrons. The molecule has 3 rings (SSSR count). The minimum atomic E-state index is -0.912. The zero-order valence-corrected chi connectivity index (χ0v) is 11.1. The third kappa shape index (κ3) is 2.13. The highest BCUT2D eigenvalue weighted by atomic mass is 16.5. The van der Waals surface area contributed by atoms with E-state index in [1.807, 2.05) is 24.3 Å². The summed E-state index contributed by atoms with van der Waals surface area (Å²) in [4.78, 5) is 25.5. The predicted octanol–water partition coefficient (Wildman–Crippen LogP) is 1.63. The minimum Gasteiger partial charge on any atom is -0.492 e. The van der Waals surface area contributed by atoms with Crippen LogP contribution in [0.25, 0.3) is 0 Å². The first kappa shape index (κ1) is 13.0. The quantitative estimate of drug-likeness (QED) is 0.890. The molecule has 0 aliphatic carbocycles. The van der Waals surface area contributed by atoms with Crippen LogP contribution in [0.15, 0.2) is 24.3 Å². The molecule has 2 atom stereocenters. The fraction of sp³-hybridized carbons (Fsp3) is 0.467. The van der Waals surface area contributed by atoms with Crippen molar-refractivity contribution in [3.63, 3.8) is 0 Å². The molecule has 20 heavy (non-hydrogen) atoms. The standard InChI is InChI=1S/C15H17NO4/c17-14(16-8-4-3-6-12(16)15(18)19)11-9-20-13-7-2-1-5-10(11)13/h1-2,5,7,11-12H,3-4,6,8-9H2,(H,18,19)/t11-,12-/m1/s1. The lowest BCUT2D eigenvalue weighted by Crippen LogP contribution is -2.49. The van der Waals surface area contributed by atoms with Gasteiger partial charge in [0.25, 0.3) is 0 Å². The molecule has 1 aromatic carbocycles. The van der Waals surface area contributed by atoms with Crippen molar-refractivity contribution < 1.29 is 19.4 Å². The SMILES string of the molecule is O=C(O)[C@H]1CCCCN1C(=O)[C@@H]1COc2ccccc21. The van der Waals surface area contributed by atoms with E-state index in [0.29, 0.717) is 19.6 Å². The topological polar surface area (TPSA) is 66.8 Å². The number of benzene rings is 1. The monoisotopic (exact) mass is 275 g/mol. The minimum absolute atomic E-state index is 0.123. The van der Waals surface area contributed by atoms with E-state index in [2.05, 4.69) is 0 Å². The highest BCUT2D eigenvalue weighted by Gasteiger charge is 2.39. The molecule has 5 nitrogen and oxygen atoms in total. The number of nitrogens with zero attached hydrogens (tertiary/aromatic N) is 1. The summed E-state index contributed by atoms with van der Waals surface area (Å²) in [6.45, 7) is 0.829. The molecule has 0 spiro atoms. The van der Waals surface area contributed by atoms with E-state index in [-0.39, 0.29) is 11.8 Å². The summed E-state index contributed by atoms with van der Waals surface area (Å²) in [6.07, 6.45) is 2.26. The van der Waals surface area contributed by atoms with Gasteiger partial charge in [0.15, 0.2) is 0 Å². The number of hydrogen-bond acceptors (Lipinski definition) is 3. The third-order valence-electron chi connectivity index (χ3n) is 4.07. The van der Waals surface area contributed by atoms with E-state index in [0.717, 1.165) is 24.2 Å². The van der Waals surface area contributed by atoms with Gasteiger partial charge in [0, 0.05) is 12.1 Å². The molecule has 2 heterocycles. The summed E-state index contributed by atoms with van der Waals surface area (Å²) in [5, 5.41) is 9.27. The summed E-state index contributed by atoms with van der Waals surface area (Å²) < 4.78 is 5.52. The molecule has 0 saturated carbocycles. The van der Waals surface area contributed by atoms with Gasteiger partial charge in [0.05, 0.1) is 0 Å². The molecule has 1 fully saturated rings. The van der Waals surface area contributed by atoms with Crippen LogP contribution < -0.4 is 4.74 Å². The number of amides is 1. The number of rotatable bonds is 2. The Balaban J connectivity index is 1.84. The number of carbonyl (C=O) groups excluding carboxylic acids is 1. The van der Waals surface area contributed by atoms with Crippen LogP contribution in [0.4, 0.5) is 0 Å². The van der Waals surface area contributed by atoms with Crippen LogP contribution in [0.3, 0.4) is 0 Å². The van der Waals surface area contributed by atoms with Crippen LogP contribution in [-0.4, -0.2) is 41.1 Å². The number of carboxylic acid groups (broad SMARTS) is 1. The maximum atomic E-state index is 12.7. The lowest BCUT2D eigenvalue weighted by atomic mass is 9.95. The molecule has 2 aliphatic heterocycles. The molecule has 0 aromatic heterocycles. The van der Waals surface area contributed by atoms with Crippen molar-refractivity contribution in [2.75, 3.05) is 13.2 Å². The Morgan fingerprint density at radius 3 is 2.85 bits per heavy atom. The number of ether oxygens (including phenoxy) is 1. The van der Waals surface area contributed by atoms with Gasteiger partial charge >= 0.3 is 5.97 Å². The van der Waals surface area contributed by atoms with Gasteiger partial charge < -0.3 is 14.7 Å². The largest absolute Gasteiger partial charge is 0.492 e. The van der Waals surface area contributed by atoms with E-state index < -0.39 is 12.0 Å². The van der Waals surface area contributed by atoms with Crippen LogP contribution in [-0.2, 0) is 9.59 Å². The molecular weight excluding hydrogens is 258 g/mol. The fourth-order valence-electron chi connectivity index (χ4n) is 3.02. The highest BCUT2D eigenvalue weighted by molar-refractivity contribution is 5.89. The number of aliphatic carboxylic acids is 1. The van der Waals surface area contributed by atoms with Crippen molar-refractivity contribution in [1.82, 2.24) is 4.90 Å². The van der Waals surface area contributed by atoms with Crippen molar-refractivity contribution >= 4 is 11.9 Å². The first-order valence-electron chi connectivity index (χ1n) is 6.93. The maximum absolute atomic E-state index is 12.7. The zero-order valence-electron chi connectivity index (χ0n) is 11.1. The first-order valence-corrected chi connectivity index (χ1v) is 6.93. The van der Waals surface area contributed by atoms with E-state index in [1.165, 1.54) is 4.90 Å². The van der Waals surface area contributed by atoms with Crippen molar-refractivity contribution in [2.45, 2.75) is 31.2 Å². The Bertz CT molecular complexity index is 542. The highest BCUT2D eigenvalue weighted by Crippen LogP contribution is 2.35. The molecule has 1 N–H and O–H groups in total. The Morgan fingerprint density at radius 2 is 2.05 bits per heavy atom. The van der Waals surface area contributed by atoms with E-state index >= 15 is 0 Å². The number of fused-ring (bicyclic) bond motifs is 1. The summed E-state index contributed by atoms with van der Waals surface area (Å²) in [5.41, 5.74) is 0.868. The van der Waals surface area contributed by atoms with Crippen LogP contribution in [0.5, 0.6) is 5.75 Å². The molecule has 0 unspecified atom stereocenters. The maximum Gasteiger partial charge on any atom is 0.326 e. The molecule has 0 bridgehead atoms. The second kappa shape index (κ2) is 5.15. The smallest absolute Gasteiger partial charge is 0.326 e. The summed E-state index contributed by atoms with van der Waals surface area (Å²) >= 11 is 0. The second-order valence-corrected chi connectivity index (χ2v) is 5.28. The van der Waals surface area contributed by atoms with Crippen molar-refractivity contribution in [3.05, 3.63) is 29.8 Å². The molecule has 2 aliphatic rings. The van der Waals surface area contributed by atoms with E-state index in [1.54, 1.807) is 0 Å². The van der Waals surface area contributed by atoms with Crippen molar-refractivity contribution in [1.29, 1.82) is 0 Å². The second-order valence-electron chi connectivity index (χ2n) is 5.28. The average molecular weight is 275 g/mol. The van der Waals surface area contributed by atoms with Gasteiger partial charge in [-0.05, 0) is 25.3 Å². The number of likely N-dealkylation sites (tertiary alicyclic amines) is 1. The number of carbonyl (C=O) groups is 2. The van der Waals surface area contributed by atoms with Gasteiger partial charge in [0.2, 0.25) is 5.91 Å². The third-order valence-corrected chi connectivity index (χ3v) is 4.07. The van der Waals surface area contributed by atoms with Gasteiger partial charge in [-0.3, -0.25) is 4.79 Å². The lowest BCUT2D eigenvalue weighted by molar-refractivity contribution is -0.152. The molecular formula is C15H17NO4. The average Bonchev–Trinajstić information content (AvgIpc) is 2.90. The number of para-hydroxylation sites is 1. The normalized spacial score (nSPS) is 24.9. The van der Waals surface area contributed by atoms with Crippen molar-refractivity contribution in [3.8, 4) is 5.75 Å². The lowest BCUT2D eigenvalue weighted by Gasteiger charge is -2.34. The predicted molar refractivity (Wildman–Crippen MR) is 71.7 cm³/mol. The Labute approximate surface area is 117 Å². The Hall–Kier alpha value is -2.04.